The summed E-state index contributed by atoms with van der Waals surface area (Å²) in [6.45, 7) is 9.71. The number of nitrogens with zero attached hydrogens (tertiary/aromatic N) is 1. The third-order valence-corrected chi connectivity index (χ3v) is 6.96. The van der Waals surface area contributed by atoms with E-state index >= 15 is 0 Å². The number of nitrogens with one attached hydrogen (secondary N) is 1. The van der Waals surface area contributed by atoms with Crippen molar-refractivity contribution < 1.29 is 14.3 Å². The van der Waals surface area contributed by atoms with Gasteiger partial charge in [0, 0.05) is 23.2 Å². The number of ether oxygens (including phenoxy) is 1. The third-order valence-electron chi connectivity index (χ3n) is 6.96. The van der Waals surface area contributed by atoms with Gasteiger partial charge < -0.3 is 10.1 Å². The first kappa shape index (κ1) is 28.1. The first-order valence-electron chi connectivity index (χ1n) is 12.7. The van der Waals surface area contributed by atoms with E-state index in [4.69, 9.17) is 10.00 Å². The molecule has 0 spiro atoms. The Hall–Kier alpha value is -3.13. The first-order valence-corrected chi connectivity index (χ1v) is 12.7. The minimum atomic E-state index is -0.0258. The zero-order valence-corrected chi connectivity index (χ0v) is 22.2. The maximum absolute atomic E-state index is 12.4. The van der Waals surface area contributed by atoms with Crippen LogP contribution in [0.3, 0.4) is 0 Å². The lowest BCUT2D eigenvalue weighted by Gasteiger charge is -2.27. The number of methoxy groups -OCH3 is 1. The largest absolute Gasteiger partial charge is 0.496 e. The Labute approximate surface area is 210 Å². The summed E-state index contributed by atoms with van der Waals surface area (Å²) in [6.07, 6.45) is 7.80. The second kappa shape index (κ2) is 13.7. The second-order valence-electron chi connectivity index (χ2n) is 9.49. The van der Waals surface area contributed by atoms with Gasteiger partial charge >= 0.3 is 0 Å². The Morgan fingerprint density at radius 1 is 1.06 bits per heavy atom. The number of ketones is 1. The molecule has 0 atom stereocenters. The zero-order chi connectivity index (χ0) is 26.0. The van der Waals surface area contributed by atoms with Crippen molar-refractivity contribution in [2.75, 3.05) is 12.4 Å². The van der Waals surface area contributed by atoms with Gasteiger partial charge in [-0.15, -0.1) is 0 Å². The van der Waals surface area contributed by atoms with Crippen LogP contribution in [0.2, 0.25) is 0 Å². The lowest BCUT2D eigenvalue weighted by molar-refractivity contribution is -0.121. The summed E-state index contributed by atoms with van der Waals surface area (Å²) in [5.41, 5.74) is 5.07. The van der Waals surface area contributed by atoms with Crippen LogP contribution < -0.4 is 10.1 Å². The average molecular weight is 477 g/mol. The monoisotopic (exact) mass is 476 g/mol. The highest BCUT2D eigenvalue weighted by Crippen LogP contribution is 2.32. The molecule has 0 aliphatic heterocycles. The fourth-order valence-corrected chi connectivity index (χ4v) is 4.97. The minimum absolute atomic E-state index is 0.0258. The van der Waals surface area contributed by atoms with E-state index in [1.807, 2.05) is 45.0 Å². The first-order chi connectivity index (χ1) is 16.7. The highest BCUT2D eigenvalue weighted by atomic mass is 16.5. The molecule has 5 heteroatoms. The van der Waals surface area contributed by atoms with Crippen molar-refractivity contribution >= 4 is 17.4 Å². The van der Waals surface area contributed by atoms with E-state index in [-0.39, 0.29) is 17.6 Å². The summed E-state index contributed by atoms with van der Waals surface area (Å²) in [5.74, 6) is 1.96. The molecule has 0 aromatic heterocycles. The number of aryl methyl sites for hydroxylation is 2. The average Bonchev–Trinajstić information content (AvgIpc) is 2.85. The molecular weight excluding hydrogens is 436 g/mol. The van der Waals surface area contributed by atoms with Crippen LogP contribution in [0.15, 0.2) is 30.3 Å². The molecule has 1 amide bonds. The lowest BCUT2D eigenvalue weighted by Crippen LogP contribution is -2.27. The van der Waals surface area contributed by atoms with E-state index in [1.54, 1.807) is 13.2 Å². The molecule has 5 nitrogen and oxygen atoms in total. The second-order valence-corrected chi connectivity index (χ2v) is 9.49. The summed E-state index contributed by atoms with van der Waals surface area (Å²) in [6, 6.07) is 11.5. The molecule has 0 heterocycles. The zero-order valence-electron chi connectivity index (χ0n) is 22.2. The number of nitriles is 1. The maximum atomic E-state index is 12.4. The molecule has 0 radical (unpaired) electrons. The van der Waals surface area contributed by atoms with Gasteiger partial charge in [0.25, 0.3) is 0 Å². The van der Waals surface area contributed by atoms with Gasteiger partial charge in [0.1, 0.15) is 5.75 Å². The van der Waals surface area contributed by atoms with Crippen molar-refractivity contribution in [3.05, 3.63) is 58.1 Å². The van der Waals surface area contributed by atoms with E-state index in [9.17, 15) is 9.59 Å². The van der Waals surface area contributed by atoms with Gasteiger partial charge in [0.2, 0.25) is 5.91 Å². The van der Waals surface area contributed by atoms with Crippen LogP contribution in [0.25, 0.3) is 0 Å². The van der Waals surface area contributed by atoms with Crippen LogP contribution in [0.4, 0.5) is 5.69 Å². The van der Waals surface area contributed by atoms with Gasteiger partial charge in [0.15, 0.2) is 5.78 Å². The van der Waals surface area contributed by atoms with E-state index in [0.29, 0.717) is 11.1 Å². The molecule has 1 fully saturated rings. The van der Waals surface area contributed by atoms with Crippen molar-refractivity contribution in [1.29, 1.82) is 5.26 Å². The SMILES string of the molecule is CCCC1CCC(C(=O)Nc2ccc(C)c(OC)c2)CC1.CCc1c(C)ccc(C#N)c1C(C)=O. The summed E-state index contributed by atoms with van der Waals surface area (Å²) in [7, 11) is 1.66. The van der Waals surface area contributed by atoms with Crippen LogP contribution in [-0.4, -0.2) is 18.8 Å². The van der Waals surface area contributed by atoms with Crippen molar-refractivity contribution in [3.8, 4) is 11.8 Å². The number of benzene rings is 2. The quantitative estimate of drug-likeness (QED) is 0.429. The number of hydrogen-bond donors (Lipinski definition) is 1. The van der Waals surface area contributed by atoms with Gasteiger partial charge in [0.05, 0.1) is 18.7 Å². The Bertz CT molecular complexity index is 1060. The Balaban J connectivity index is 0.000000269. The Kier molecular flexibility index (Phi) is 11.0. The highest BCUT2D eigenvalue weighted by molar-refractivity contribution is 5.98. The molecule has 188 valence electrons. The lowest BCUT2D eigenvalue weighted by atomic mass is 9.80. The van der Waals surface area contributed by atoms with Gasteiger partial charge in [-0.1, -0.05) is 38.8 Å². The highest BCUT2D eigenvalue weighted by Gasteiger charge is 2.26. The Morgan fingerprint density at radius 3 is 2.26 bits per heavy atom. The number of hydrogen-bond acceptors (Lipinski definition) is 4. The molecule has 35 heavy (non-hydrogen) atoms. The number of rotatable bonds is 7. The standard InChI is InChI=1S/C18H27NO2.C12H13NO/c1-4-5-14-7-9-15(10-8-14)18(20)19-16-11-6-13(2)17(12-16)21-3;1-4-11-8(2)5-6-10(7-13)12(11)9(3)14/h6,11-12,14-15H,4-5,7-10H2,1-3H3,(H,19,20);5-6H,4H2,1-3H3. The van der Waals surface area contributed by atoms with Crippen molar-refractivity contribution in [1.82, 2.24) is 0 Å². The van der Waals surface area contributed by atoms with Crippen LogP contribution in [-0.2, 0) is 11.2 Å². The van der Waals surface area contributed by atoms with Crippen LogP contribution in [0, 0.1) is 37.0 Å². The minimum Gasteiger partial charge on any atom is -0.496 e. The normalized spacial score (nSPS) is 16.9. The molecule has 0 saturated heterocycles. The summed E-state index contributed by atoms with van der Waals surface area (Å²) < 4.78 is 5.30. The van der Waals surface area contributed by atoms with E-state index in [2.05, 4.69) is 18.3 Å². The Morgan fingerprint density at radius 2 is 1.71 bits per heavy atom. The smallest absolute Gasteiger partial charge is 0.227 e. The fourth-order valence-electron chi connectivity index (χ4n) is 4.97. The predicted molar refractivity (Wildman–Crippen MR) is 142 cm³/mol. The molecule has 2 aromatic rings. The third kappa shape index (κ3) is 7.68. The van der Waals surface area contributed by atoms with Gasteiger partial charge in [-0.3, -0.25) is 9.59 Å². The molecule has 2 aromatic carbocycles. The molecule has 1 N–H and O–H groups in total. The van der Waals surface area contributed by atoms with Gasteiger partial charge in [-0.2, -0.15) is 5.26 Å². The fraction of sp³-hybridized carbons (Fsp3) is 0.500. The summed E-state index contributed by atoms with van der Waals surface area (Å²) in [5, 5.41) is 11.9. The molecule has 0 unspecified atom stereocenters. The van der Waals surface area contributed by atoms with E-state index in [1.165, 1.54) is 32.6 Å². The van der Waals surface area contributed by atoms with Crippen LogP contribution in [0.1, 0.15) is 91.9 Å². The van der Waals surface area contributed by atoms with Crippen molar-refractivity contribution in [2.45, 2.75) is 79.6 Å². The molecule has 3 rings (SSSR count). The topological polar surface area (TPSA) is 79.2 Å². The van der Waals surface area contributed by atoms with Gasteiger partial charge in [-0.05, 0) is 87.6 Å². The van der Waals surface area contributed by atoms with Gasteiger partial charge in [-0.25, -0.2) is 0 Å². The van der Waals surface area contributed by atoms with E-state index in [0.717, 1.165) is 53.3 Å². The molecule has 1 aliphatic rings. The van der Waals surface area contributed by atoms with Crippen molar-refractivity contribution in [3.63, 3.8) is 0 Å². The number of Topliss-reactive ketones (excluding diaryl/α,β-unsaturated/α-hetero) is 1. The molecular formula is C30H40N2O3. The van der Waals surface area contributed by atoms with Crippen LogP contribution >= 0.6 is 0 Å². The van der Waals surface area contributed by atoms with Crippen molar-refractivity contribution in [2.24, 2.45) is 11.8 Å². The number of carbonyl (C=O) groups is 2. The molecule has 1 saturated carbocycles. The summed E-state index contributed by atoms with van der Waals surface area (Å²) >= 11 is 0. The molecule has 1 aliphatic carbocycles. The maximum Gasteiger partial charge on any atom is 0.227 e. The number of anilines is 1. The number of amides is 1. The number of carbonyl (C=O) groups excluding carboxylic acids is 2. The van der Waals surface area contributed by atoms with E-state index < -0.39 is 0 Å². The summed E-state index contributed by atoms with van der Waals surface area (Å²) in [4.78, 5) is 23.8. The predicted octanol–water partition coefficient (Wildman–Crippen LogP) is 7.18. The van der Waals surface area contributed by atoms with Crippen LogP contribution in [0.5, 0.6) is 5.75 Å². The molecule has 0 bridgehead atoms.